The molecule has 0 bridgehead atoms. The van der Waals surface area contributed by atoms with Crippen LogP contribution in [0.2, 0.25) is 0 Å². The van der Waals surface area contributed by atoms with Gasteiger partial charge < -0.3 is 10.1 Å². The molecule has 0 spiro atoms. The van der Waals surface area contributed by atoms with Crippen LogP contribution in [0.4, 0.5) is 13.2 Å². The van der Waals surface area contributed by atoms with Gasteiger partial charge in [-0.1, -0.05) is 30.3 Å². The third-order valence-electron chi connectivity index (χ3n) is 4.85. The number of thioether (sulfide) groups is 1. The van der Waals surface area contributed by atoms with Crippen molar-refractivity contribution in [3.63, 3.8) is 0 Å². The molecule has 1 fully saturated rings. The highest BCUT2D eigenvalue weighted by atomic mass is 32.2. The topological polar surface area (TPSA) is 21.3 Å². The summed E-state index contributed by atoms with van der Waals surface area (Å²) in [5.74, 6) is 2.09. The van der Waals surface area contributed by atoms with Gasteiger partial charge in [0.15, 0.2) is 0 Å². The van der Waals surface area contributed by atoms with Gasteiger partial charge in [-0.3, -0.25) is 0 Å². The molecule has 2 unspecified atom stereocenters. The summed E-state index contributed by atoms with van der Waals surface area (Å²) >= 11 is 1.91. The van der Waals surface area contributed by atoms with Crippen LogP contribution in [-0.4, -0.2) is 30.3 Å². The van der Waals surface area contributed by atoms with Gasteiger partial charge in [-0.15, -0.1) is 0 Å². The first-order valence-corrected chi connectivity index (χ1v) is 10.8. The molecule has 1 N–H and O–H groups in total. The average molecular weight is 410 g/mol. The van der Waals surface area contributed by atoms with E-state index in [4.69, 9.17) is 4.74 Å². The van der Waals surface area contributed by atoms with E-state index >= 15 is 0 Å². The molecule has 6 heteroatoms. The van der Waals surface area contributed by atoms with Gasteiger partial charge in [-0.25, -0.2) is 0 Å². The molecule has 2 aromatic rings. The smallest absolute Gasteiger partial charge is 0.374 e. The zero-order valence-electron chi connectivity index (χ0n) is 16.0. The predicted octanol–water partition coefficient (Wildman–Crippen LogP) is 5.76. The van der Waals surface area contributed by atoms with Crippen molar-refractivity contribution in [1.29, 1.82) is 0 Å². The van der Waals surface area contributed by atoms with E-state index in [1.54, 1.807) is 0 Å². The van der Waals surface area contributed by atoms with Crippen LogP contribution in [0.1, 0.15) is 30.9 Å². The molecule has 0 saturated carbocycles. The molecule has 0 aromatic heterocycles. The number of nitrogens with one attached hydrogen (secondary N) is 1. The maximum atomic E-state index is 12.7. The number of hydrogen-bond acceptors (Lipinski definition) is 3. The lowest BCUT2D eigenvalue weighted by molar-refractivity contribution is -0.137. The van der Waals surface area contributed by atoms with Crippen molar-refractivity contribution in [2.45, 2.75) is 44.7 Å². The summed E-state index contributed by atoms with van der Waals surface area (Å²) in [6, 6.07) is 13.2. The van der Waals surface area contributed by atoms with E-state index < -0.39 is 11.7 Å². The normalized spacial score (nSPS) is 19.9. The lowest BCUT2D eigenvalue weighted by atomic mass is 10.0. The molecule has 152 valence electrons. The highest BCUT2D eigenvalue weighted by molar-refractivity contribution is 7.99. The standard InChI is InChI=1S/C22H26F3NOS/c1-16-5-10-21(27-16)15-28-12-11-26-14-17-3-2-4-19(13-17)18-6-8-20(9-7-18)22(23,24)25/h2-4,6-9,13,16,21,26H,5,10-12,14-15H2,1H3. The van der Waals surface area contributed by atoms with E-state index in [9.17, 15) is 13.2 Å². The fourth-order valence-electron chi connectivity index (χ4n) is 3.31. The highest BCUT2D eigenvalue weighted by Gasteiger charge is 2.29. The molecule has 28 heavy (non-hydrogen) atoms. The van der Waals surface area contributed by atoms with Crippen LogP contribution in [0, 0.1) is 0 Å². The molecule has 2 nitrogen and oxygen atoms in total. The van der Waals surface area contributed by atoms with E-state index in [0.717, 1.165) is 53.4 Å². The monoisotopic (exact) mass is 409 g/mol. The van der Waals surface area contributed by atoms with Gasteiger partial charge in [0.2, 0.25) is 0 Å². The summed E-state index contributed by atoms with van der Waals surface area (Å²) in [6.07, 6.45) is -1.16. The third kappa shape index (κ3) is 6.26. The minimum absolute atomic E-state index is 0.403. The molecule has 0 radical (unpaired) electrons. The summed E-state index contributed by atoms with van der Waals surface area (Å²) in [5, 5.41) is 3.43. The molecule has 2 aromatic carbocycles. The van der Waals surface area contributed by atoms with Gasteiger partial charge >= 0.3 is 6.18 Å². The van der Waals surface area contributed by atoms with Crippen LogP contribution in [-0.2, 0) is 17.5 Å². The van der Waals surface area contributed by atoms with Gasteiger partial charge in [0, 0.05) is 24.6 Å². The largest absolute Gasteiger partial charge is 0.416 e. The second-order valence-electron chi connectivity index (χ2n) is 7.17. The molecular formula is C22H26F3NOS. The van der Waals surface area contributed by atoms with E-state index in [1.807, 2.05) is 36.0 Å². The Morgan fingerprint density at radius 3 is 2.54 bits per heavy atom. The molecule has 2 atom stereocenters. The van der Waals surface area contributed by atoms with Crippen molar-refractivity contribution in [2.75, 3.05) is 18.1 Å². The summed E-state index contributed by atoms with van der Waals surface area (Å²) < 4.78 is 43.9. The molecule has 1 heterocycles. The van der Waals surface area contributed by atoms with Gasteiger partial charge in [-0.05, 0) is 54.7 Å². The lowest BCUT2D eigenvalue weighted by Gasteiger charge is -2.11. The fourth-order valence-corrected chi connectivity index (χ4v) is 4.28. The van der Waals surface area contributed by atoms with E-state index in [0.29, 0.717) is 12.2 Å². The van der Waals surface area contributed by atoms with Crippen molar-refractivity contribution in [2.24, 2.45) is 0 Å². The van der Waals surface area contributed by atoms with Crippen molar-refractivity contribution in [1.82, 2.24) is 5.32 Å². The molecule has 1 aliphatic rings. The zero-order chi connectivity index (χ0) is 20.0. The number of halogens is 3. The van der Waals surface area contributed by atoms with Crippen LogP contribution in [0.5, 0.6) is 0 Å². The Kier molecular flexibility index (Phi) is 7.43. The van der Waals surface area contributed by atoms with Gasteiger partial charge in [0.25, 0.3) is 0 Å². The Bertz CT molecular complexity index is 748. The van der Waals surface area contributed by atoms with Gasteiger partial charge in [0.05, 0.1) is 17.8 Å². The van der Waals surface area contributed by atoms with Crippen molar-refractivity contribution in [3.8, 4) is 11.1 Å². The minimum Gasteiger partial charge on any atom is -0.374 e. The second kappa shape index (κ2) is 9.81. The average Bonchev–Trinajstić information content (AvgIpc) is 3.09. The summed E-state index contributed by atoms with van der Waals surface area (Å²) in [4.78, 5) is 0. The molecular weight excluding hydrogens is 383 g/mol. The Balaban J connectivity index is 1.43. The zero-order valence-corrected chi connectivity index (χ0v) is 16.8. The van der Waals surface area contributed by atoms with Crippen molar-refractivity contribution in [3.05, 3.63) is 59.7 Å². The van der Waals surface area contributed by atoms with Crippen LogP contribution in [0.3, 0.4) is 0 Å². The SMILES string of the molecule is CC1CCC(CSCCNCc2cccc(-c3ccc(C(F)(F)F)cc3)c2)O1. The maximum Gasteiger partial charge on any atom is 0.416 e. The Labute approximate surface area is 168 Å². The predicted molar refractivity (Wildman–Crippen MR) is 109 cm³/mol. The summed E-state index contributed by atoms with van der Waals surface area (Å²) in [5.41, 5.74) is 2.21. The Morgan fingerprint density at radius 2 is 1.86 bits per heavy atom. The Morgan fingerprint density at radius 1 is 1.07 bits per heavy atom. The molecule has 1 saturated heterocycles. The van der Waals surface area contributed by atoms with E-state index in [-0.39, 0.29) is 0 Å². The summed E-state index contributed by atoms with van der Waals surface area (Å²) in [7, 11) is 0. The van der Waals surface area contributed by atoms with E-state index in [2.05, 4.69) is 12.2 Å². The van der Waals surface area contributed by atoms with Gasteiger partial charge in [-0.2, -0.15) is 24.9 Å². The molecule has 0 amide bonds. The first kappa shape index (κ1) is 21.2. The molecule has 0 aliphatic carbocycles. The van der Waals surface area contributed by atoms with Crippen molar-refractivity contribution >= 4 is 11.8 Å². The minimum atomic E-state index is -4.30. The first-order chi connectivity index (χ1) is 13.4. The molecule has 1 aliphatic heterocycles. The third-order valence-corrected chi connectivity index (χ3v) is 5.95. The van der Waals surface area contributed by atoms with Crippen LogP contribution >= 0.6 is 11.8 Å². The Hall–Kier alpha value is -1.50. The quantitative estimate of drug-likeness (QED) is 0.560. The molecule has 3 rings (SSSR count). The number of ether oxygens (including phenoxy) is 1. The maximum absolute atomic E-state index is 12.7. The number of benzene rings is 2. The highest BCUT2D eigenvalue weighted by Crippen LogP contribution is 2.31. The lowest BCUT2D eigenvalue weighted by Crippen LogP contribution is -2.18. The number of rotatable bonds is 8. The number of alkyl halides is 3. The number of hydrogen-bond donors (Lipinski definition) is 1. The van der Waals surface area contributed by atoms with Gasteiger partial charge in [0.1, 0.15) is 0 Å². The van der Waals surface area contributed by atoms with Crippen LogP contribution < -0.4 is 5.32 Å². The van der Waals surface area contributed by atoms with Crippen LogP contribution in [0.25, 0.3) is 11.1 Å². The first-order valence-electron chi connectivity index (χ1n) is 9.62. The van der Waals surface area contributed by atoms with Crippen LogP contribution in [0.15, 0.2) is 48.5 Å². The summed E-state index contributed by atoms with van der Waals surface area (Å²) in [6.45, 7) is 3.79. The van der Waals surface area contributed by atoms with E-state index in [1.165, 1.54) is 25.0 Å². The van der Waals surface area contributed by atoms with Crippen molar-refractivity contribution < 1.29 is 17.9 Å². The fraction of sp³-hybridized carbons (Fsp3) is 0.455. The second-order valence-corrected chi connectivity index (χ2v) is 8.32.